The zero-order valence-corrected chi connectivity index (χ0v) is 10.1. The first-order chi connectivity index (χ1) is 8.19. The molecule has 1 amide bonds. The molecule has 0 saturated heterocycles. The number of carbonyl (C=O) groups is 1. The molecule has 1 unspecified atom stereocenters. The summed E-state index contributed by atoms with van der Waals surface area (Å²) in [6, 6.07) is 5.49. The summed E-state index contributed by atoms with van der Waals surface area (Å²) in [6.07, 6.45) is 0.638. The number of nitrogens with two attached hydrogens (primary N) is 1. The number of benzene rings is 1. The van der Waals surface area contributed by atoms with Crippen LogP contribution < -0.4 is 20.7 Å². The molecule has 17 heavy (non-hydrogen) atoms. The Morgan fingerprint density at radius 3 is 2.94 bits per heavy atom. The van der Waals surface area contributed by atoms with E-state index < -0.39 is 0 Å². The van der Waals surface area contributed by atoms with Gasteiger partial charge in [-0.1, -0.05) is 6.07 Å². The number of nitrogens with zero attached hydrogens (tertiary/aromatic N) is 1. The van der Waals surface area contributed by atoms with Crippen LogP contribution in [0.4, 0.5) is 11.4 Å². The first-order valence-electron chi connectivity index (χ1n) is 5.59. The fourth-order valence-corrected chi connectivity index (χ4v) is 2.14. The zero-order valence-electron chi connectivity index (χ0n) is 10.1. The Morgan fingerprint density at radius 1 is 1.53 bits per heavy atom. The lowest BCUT2D eigenvalue weighted by Gasteiger charge is -2.35. The normalized spacial score (nSPS) is 18.6. The number of ether oxygens (including phenoxy) is 1. The Hall–Kier alpha value is -1.75. The molecule has 0 radical (unpaired) electrons. The molecule has 1 aromatic carbocycles. The van der Waals surface area contributed by atoms with E-state index in [0.29, 0.717) is 18.7 Å². The number of nitrogens with one attached hydrogen (secondary N) is 1. The Kier molecular flexibility index (Phi) is 3.19. The molecular weight excluding hydrogens is 218 g/mol. The maximum Gasteiger partial charge on any atom is 0.247 e. The van der Waals surface area contributed by atoms with Crippen molar-refractivity contribution in [2.24, 2.45) is 5.73 Å². The van der Waals surface area contributed by atoms with Crippen LogP contribution in [0.15, 0.2) is 18.2 Å². The Balaban J connectivity index is 2.41. The minimum atomic E-state index is -0.209. The van der Waals surface area contributed by atoms with E-state index in [1.54, 1.807) is 7.11 Å². The van der Waals surface area contributed by atoms with Gasteiger partial charge in [0.2, 0.25) is 5.91 Å². The zero-order chi connectivity index (χ0) is 12.4. The van der Waals surface area contributed by atoms with Crippen molar-refractivity contribution >= 4 is 17.3 Å². The molecule has 92 valence electrons. The summed E-state index contributed by atoms with van der Waals surface area (Å²) < 4.78 is 5.24. The maximum absolute atomic E-state index is 12.0. The number of methoxy groups -OCH3 is 1. The molecule has 3 N–H and O–H groups in total. The van der Waals surface area contributed by atoms with Gasteiger partial charge < -0.3 is 20.7 Å². The van der Waals surface area contributed by atoms with Gasteiger partial charge >= 0.3 is 0 Å². The van der Waals surface area contributed by atoms with Gasteiger partial charge in [-0.3, -0.25) is 4.79 Å². The average Bonchev–Trinajstić information content (AvgIpc) is 2.34. The average molecular weight is 235 g/mol. The van der Waals surface area contributed by atoms with Gasteiger partial charge in [0.15, 0.2) is 0 Å². The minimum Gasteiger partial charge on any atom is -0.494 e. The fourth-order valence-electron chi connectivity index (χ4n) is 2.14. The minimum absolute atomic E-state index is 0.0325. The van der Waals surface area contributed by atoms with Gasteiger partial charge in [0, 0.05) is 7.05 Å². The molecule has 2 rings (SSSR count). The van der Waals surface area contributed by atoms with E-state index in [-0.39, 0.29) is 11.9 Å². The van der Waals surface area contributed by atoms with Gasteiger partial charge in [-0.05, 0) is 25.1 Å². The first kappa shape index (κ1) is 11.7. The molecule has 1 atom stereocenters. The quantitative estimate of drug-likeness (QED) is 0.813. The van der Waals surface area contributed by atoms with Crippen molar-refractivity contribution in [2.75, 3.05) is 30.9 Å². The molecule has 0 aromatic heterocycles. The van der Waals surface area contributed by atoms with Crippen LogP contribution >= 0.6 is 0 Å². The predicted octanol–water partition coefficient (Wildman–Crippen LogP) is 0.801. The van der Waals surface area contributed by atoms with Crippen LogP contribution in [-0.2, 0) is 4.79 Å². The SMILES string of the molecule is COc1cccc2c1NC(=O)C(CCN)N2C. The molecule has 0 saturated carbocycles. The monoisotopic (exact) mass is 235 g/mol. The highest BCUT2D eigenvalue weighted by molar-refractivity contribution is 6.05. The van der Waals surface area contributed by atoms with Gasteiger partial charge in [0.25, 0.3) is 0 Å². The van der Waals surface area contributed by atoms with Gasteiger partial charge in [0.05, 0.1) is 12.8 Å². The van der Waals surface area contributed by atoms with Crippen LogP contribution in [0.2, 0.25) is 0 Å². The van der Waals surface area contributed by atoms with Crippen LogP contribution in [0.25, 0.3) is 0 Å². The van der Waals surface area contributed by atoms with Gasteiger partial charge in [-0.15, -0.1) is 0 Å². The standard InChI is InChI=1S/C12H17N3O2/c1-15-8-4-3-5-10(17-2)11(8)14-12(16)9(15)6-7-13/h3-5,9H,6-7,13H2,1-2H3,(H,14,16). The largest absolute Gasteiger partial charge is 0.494 e. The lowest BCUT2D eigenvalue weighted by atomic mass is 10.1. The number of amides is 1. The van der Waals surface area contributed by atoms with E-state index in [0.717, 1.165) is 11.4 Å². The molecule has 0 aliphatic carbocycles. The molecule has 1 aromatic rings. The number of carbonyl (C=O) groups excluding carboxylic acids is 1. The van der Waals surface area contributed by atoms with Gasteiger partial charge in [-0.2, -0.15) is 0 Å². The van der Waals surface area contributed by atoms with Crippen molar-refractivity contribution in [1.82, 2.24) is 0 Å². The lowest BCUT2D eigenvalue weighted by Crippen LogP contribution is -2.47. The highest BCUT2D eigenvalue weighted by Crippen LogP contribution is 2.38. The van der Waals surface area contributed by atoms with E-state index in [9.17, 15) is 4.79 Å². The molecule has 0 fully saturated rings. The summed E-state index contributed by atoms with van der Waals surface area (Å²) in [5.74, 6) is 0.642. The smallest absolute Gasteiger partial charge is 0.247 e. The second-order valence-corrected chi connectivity index (χ2v) is 4.05. The van der Waals surface area contributed by atoms with E-state index >= 15 is 0 Å². The summed E-state index contributed by atoms with van der Waals surface area (Å²) >= 11 is 0. The van der Waals surface area contributed by atoms with Crippen LogP contribution in [0, 0.1) is 0 Å². The van der Waals surface area contributed by atoms with E-state index in [2.05, 4.69) is 5.32 Å². The van der Waals surface area contributed by atoms with Crippen molar-refractivity contribution < 1.29 is 9.53 Å². The van der Waals surface area contributed by atoms with Crippen molar-refractivity contribution in [3.8, 4) is 5.75 Å². The maximum atomic E-state index is 12.0. The predicted molar refractivity (Wildman–Crippen MR) is 67.5 cm³/mol. The topological polar surface area (TPSA) is 67.6 Å². The van der Waals surface area contributed by atoms with Crippen LogP contribution in [-0.4, -0.2) is 32.7 Å². The number of rotatable bonds is 3. The highest BCUT2D eigenvalue weighted by atomic mass is 16.5. The summed E-state index contributed by atoms with van der Waals surface area (Å²) in [5, 5.41) is 2.88. The lowest BCUT2D eigenvalue weighted by molar-refractivity contribution is -0.117. The van der Waals surface area contributed by atoms with Crippen molar-refractivity contribution in [2.45, 2.75) is 12.5 Å². The molecule has 0 bridgehead atoms. The second-order valence-electron chi connectivity index (χ2n) is 4.05. The van der Waals surface area contributed by atoms with E-state index in [1.165, 1.54) is 0 Å². The van der Waals surface area contributed by atoms with Crippen LogP contribution in [0.3, 0.4) is 0 Å². The number of anilines is 2. The summed E-state index contributed by atoms with van der Waals surface area (Å²) in [7, 11) is 3.49. The fraction of sp³-hybridized carbons (Fsp3) is 0.417. The first-order valence-corrected chi connectivity index (χ1v) is 5.59. The third-order valence-corrected chi connectivity index (χ3v) is 3.06. The number of hydrogen-bond donors (Lipinski definition) is 2. The van der Waals surface area contributed by atoms with Crippen molar-refractivity contribution in [3.63, 3.8) is 0 Å². The van der Waals surface area contributed by atoms with Crippen molar-refractivity contribution in [3.05, 3.63) is 18.2 Å². The number of likely N-dealkylation sites (N-methyl/N-ethyl adjacent to an activating group) is 1. The number of fused-ring (bicyclic) bond motifs is 1. The molecule has 5 heteroatoms. The second kappa shape index (κ2) is 4.63. The number of para-hydroxylation sites is 1. The molecule has 1 heterocycles. The Labute approximate surface area is 101 Å². The summed E-state index contributed by atoms with van der Waals surface area (Å²) in [5.41, 5.74) is 7.22. The Morgan fingerprint density at radius 2 is 2.29 bits per heavy atom. The Bertz CT molecular complexity index is 434. The molecular formula is C12H17N3O2. The van der Waals surface area contributed by atoms with E-state index in [4.69, 9.17) is 10.5 Å². The van der Waals surface area contributed by atoms with Gasteiger partial charge in [-0.25, -0.2) is 0 Å². The summed E-state index contributed by atoms with van der Waals surface area (Å²) in [6.45, 7) is 0.488. The number of hydrogen-bond acceptors (Lipinski definition) is 4. The molecule has 0 spiro atoms. The van der Waals surface area contributed by atoms with E-state index in [1.807, 2.05) is 30.1 Å². The third-order valence-electron chi connectivity index (χ3n) is 3.06. The van der Waals surface area contributed by atoms with Crippen LogP contribution in [0.5, 0.6) is 5.75 Å². The van der Waals surface area contributed by atoms with Crippen molar-refractivity contribution in [1.29, 1.82) is 0 Å². The van der Waals surface area contributed by atoms with Crippen LogP contribution in [0.1, 0.15) is 6.42 Å². The molecule has 1 aliphatic heterocycles. The highest BCUT2D eigenvalue weighted by Gasteiger charge is 2.31. The molecule has 1 aliphatic rings. The van der Waals surface area contributed by atoms with Gasteiger partial charge in [0.1, 0.15) is 17.5 Å². The summed E-state index contributed by atoms with van der Waals surface area (Å²) in [4.78, 5) is 13.9. The molecule has 5 nitrogen and oxygen atoms in total. The third kappa shape index (κ3) is 1.93.